The molecule has 1 rings (SSSR count). The monoisotopic (exact) mass is 184 g/mol. The third-order valence-electron chi connectivity index (χ3n) is 0.823. The third kappa shape index (κ3) is 1.21. The van der Waals surface area contributed by atoms with Gasteiger partial charge in [0.1, 0.15) is 7.85 Å². The van der Waals surface area contributed by atoms with Crippen LogP contribution in [0.4, 0.5) is 0 Å². The first-order valence-corrected chi connectivity index (χ1v) is 3.00. The predicted octanol–water partition coefficient (Wildman–Crippen LogP) is -0.674. The second kappa shape index (κ2) is 2.35. The highest BCUT2D eigenvalue weighted by atomic mass is 79.9. The second-order valence-corrected chi connectivity index (χ2v) is 2.26. The number of rotatable bonds is 0. The predicted molar refractivity (Wildman–Crippen MR) is 37.9 cm³/mol. The minimum Gasteiger partial charge on any atom is -0.267 e. The minimum atomic E-state index is -0.310. The normalized spacial score (nSPS) is 9.44. The topological polar surface area (TPSA) is 45.8 Å². The van der Waals surface area contributed by atoms with E-state index in [9.17, 15) is 4.79 Å². The fraction of sp³-hybridized carbons (Fsp3) is 0. The molecule has 0 unspecified atom stereocenters. The van der Waals surface area contributed by atoms with Gasteiger partial charge in [0, 0.05) is 6.20 Å². The quantitative estimate of drug-likeness (QED) is 0.544. The van der Waals surface area contributed by atoms with E-state index >= 15 is 0 Å². The SMILES string of the molecule is [B]c1cn[nH]c(=O)c1Br. The summed E-state index contributed by atoms with van der Waals surface area (Å²) in [5.74, 6) is 0. The van der Waals surface area contributed by atoms with Crippen LogP contribution in [0.3, 0.4) is 0 Å². The smallest absolute Gasteiger partial charge is 0.267 e. The van der Waals surface area contributed by atoms with Crippen LogP contribution in [0.1, 0.15) is 0 Å². The van der Waals surface area contributed by atoms with Crippen LogP contribution in [-0.2, 0) is 0 Å². The Bertz CT molecular complexity index is 272. The zero-order chi connectivity index (χ0) is 6.85. The number of hydrogen-bond acceptors (Lipinski definition) is 2. The van der Waals surface area contributed by atoms with Gasteiger partial charge >= 0.3 is 0 Å². The van der Waals surface area contributed by atoms with E-state index < -0.39 is 0 Å². The van der Waals surface area contributed by atoms with Gasteiger partial charge in [-0.15, -0.1) is 0 Å². The Morgan fingerprint density at radius 1 is 1.78 bits per heavy atom. The molecule has 0 amide bonds. The maximum absolute atomic E-state index is 10.6. The Hall–Kier alpha value is -0.575. The lowest BCUT2D eigenvalue weighted by atomic mass is 10.00. The number of nitrogens with one attached hydrogen (secondary N) is 1. The van der Waals surface area contributed by atoms with Gasteiger partial charge in [0.05, 0.1) is 4.47 Å². The summed E-state index contributed by atoms with van der Waals surface area (Å²) in [4.78, 5) is 10.6. The zero-order valence-corrected chi connectivity index (χ0v) is 5.97. The molecule has 1 N–H and O–H groups in total. The van der Waals surface area contributed by atoms with Crippen molar-refractivity contribution < 1.29 is 0 Å². The Morgan fingerprint density at radius 2 is 2.44 bits per heavy atom. The van der Waals surface area contributed by atoms with E-state index in [2.05, 4.69) is 26.1 Å². The molecule has 0 aliphatic carbocycles. The molecule has 44 valence electrons. The van der Waals surface area contributed by atoms with Crippen molar-refractivity contribution in [3.63, 3.8) is 0 Å². The van der Waals surface area contributed by atoms with Gasteiger partial charge in [0.25, 0.3) is 5.56 Å². The van der Waals surface area contributed by atoms with Crippen molar-refractivity contribution in [2.45, 2.75) is 0 Å². The summed E-state index contributed by atoms with van der Waals surface area (Å²) in [5, 5.41) is 5.66. The van der Waals surface area contributed by atoms with Crippen molar-refractivity contribution in [2.75, 3.05) is 0 Å². The molecule has 1 aromatic rings. The molecular weight excluding hydrogens is 183 g/mol. The van der Waals surface area contributed by atoms with Crippen LogP contribution >= 0.6 is 15.9 Å². The van der Waals surface area contributed by atoms with Crippen molar-refractivity contribution in [1.29, 1.82) is 0 Å². The number of H-pyrrole nitrogens is 1. The number of nitrogens with zero attached hydrogens (tertiary/aromatic N) is 1. The van der Waals surface area contributed by atoms with Gasteiger partial charge in [-0.2, -0.15) is 5.10 Å². The Balaban J connectivity index is 3.43. The summed E-state index contributed by atoms with van der Waals surface area (Å²) in [5.41, 5.74) is 0.0359. The standard InChI is InChI=1S/C4H2BBrN2O/c5-2-1-7-8-4(9)3(2)6/h1H,(H,8,9). The maximum Gasteiger partial charge on any atom is 0.277 e. The third-order valence-corrected chi connectivity index (χ3v) is 1.64. The highest BCUT2D eigenvalue weighted by Gasteiger charge is 1.95. The molecule has 1 heterocycles. The molecule has 0 saturated carbocycles. The Morgan fingerprint density at radius 3 is 2.89 bits per heavy atom. The van der Waals surface area contributed by atoms with E-state index in [1.165, 1.54) is 6.20 Å². The van der Waals surface area contributed by atoms with Crippen molar-refractivity contribution in [2.24, 2.45) is 0 Å². The lowest BCUT2D eigenvalue weighted by Gasteiger charge is -1.90. The van der Waals surface area contributed by atoms with E-state index in [1.54, 1.807) is 0 Å². The summed E-state index contributed by atoms with van der Waals surface area (Å²) in [6.07, 6.45) is 1.37. The van der Waals surface area contributed by atoms with Crippen LogP contribution in [0.25, 0.3) is 0 Å². The molecule has 0 aliphatic rings. The van der Waals surface area contributed by atoms with Gasteiger partial charge in [-0.25, -0.2) is 5.10 Å². The minimum absolute atomic E-state index is 0.310. The van der Waals surface area contributed by atoms with E-state index in [4.69, 9.17) is 7.85 Å². The van der Waals surface area contributed by atoms with Crippen molar-refractivity contribution in [3.05, 3.63) is 21.0 Å². The van der Waals surface area contributed by atoms with Gasteiger partial charge in [-0.1, -0.05) is 5.46 Å². The van der Waals surface area contributed by atoms with Gasteiger partial charge < -0.3 is 0 Å². The van der Waals surface area contributed by atoms with Crippen LogP contribution in [0.15, 0.2) is 15.5 Å². The molecular formula is C4H2BBrN2O. The summed E-state index contributed by atoms with van der Waals surface area (Å²) >= 11 is 2.97. The van der Waals surface area contributed by atoms with Crippen molar-refractivity contribution >= 4 is 29.2 Å². The maximum atomic E-state index is 10.6. The molecule has 0 aliphatic heterocycles. The van der Waals surface area contributed by atoms with E-state index in [0.29, 0.717) is 9.94 Å². The van der Waals surface area contributed by atoms with Crippen LogP contribution < -0.4 is 11.0 Å². The molecule has 9 heavy (non-hydrogen) atoms. The van der Waals surface area contributed by atoms with Gasteiger partial charge in [0.15, 0.2) is 0 Å². The summed E-state index contributed by atoms with van der Waals surface area (Å²) in [6, 6.07) is 0. The van der Waals surface area contributed by atoms with Gasteiger partial charge in [0.2, 0.25) is 0 Å². The number of aromatic nitrogens is 2. The molecule has 0 spiro atoms. The molecule has 5 heteroatoms. The summed E-state index contributed by atoms with van der Waals surface area (Å²) < 4.78 is 0.331. The first-order chi connectivity index (χ1) is 4.22. The van der Waals surface area contributed by atoms with Gasteiger partial charge in [-0.05, 0) is 15.9 Å². The average Bonchev–Trinajstić information content (AvgIpc) is 1.83. The fourth-order valence-electron chi connectivity index (χ4n) is 0.397. The van der Waals surface area contributed by atoms with Crippen LogP contribution in [-0.4, -0.2) is 18.0 Å². The summed E-state index contributed by atoms with van der Waals surface area (Å²) in [7, 11) is 5.29. The number of halogens is 1. The van der Waals surface area contributed by atoms with Crippen LogP contribution in [0, 0.1) is 0 Å². The molecule has 3 nitrogen and oxygen atoms in total. The first kappa shape index (κ1) is 6.54. The molecule has 0 fully saturated rings. The lowest BCUT2D eigenvalue weighted by molar-refractivity contribution is 0.988. The van der Waals surface area contributed by atoms with Crippen LogP contribution in [0.2, 0.25) is 0 Å². The molecule has 0 bridgehead atoms. The molecule has 0 aromatic carbocycles. The Labute approximate surface area is 61.0 Å². The Kier molecular flexibility index (Phi) is 1.71. The first-order valence-electron chi connectivity index (χ1n) is 2.20. The molecule has 0 saturated heterocycles. The zero-order valence-electron chi connectivity index (χ0n) is 4.39. The van der Waals surface area contributed by atoms with Crippen molar-refractivity contribution in [3.8, 4) is 0 Å². The lowest BCUT2D eigenvalue weighted by Crippen LogP contribution is -2.19. The average molecular weight is 185 g/mol. The molecule has 0 atom stereocenters. The van der Waals surface area contributed by atoms with Crippen LogP contribution in [0.5, 0.6) is 0 Å². The van der Waals surface area contributed by atoms with E-state index in [-0.39, 0.29) is 5.56 Å². The van der Waals surface area contributed by atoms with Crippen molar-refractivity contribution in [1.82, 2.24) is 10.2 Å². The highest BCUT2D eigenvalue weighted by Crippen LogP contribution is 1.92. The summed E-state index contributed by atoms with van der Waals surface area (Å²) in [6.45, 7) is 0. The number of aromatic amines is 1. The van der Waals surface area contributed by atoms with Gasteiger partial charge in [-0.3, -0.25) is 4.79 Å². The fourth-order valence-corrected chi connectivity index (χ4v) is 0.588. The second-order valence-electron chi connectivity index (χ2n) is 1.47. The van der Waals surface area contributed by atoms with E-state index in [0.717, 1.165) is 0 Å². The molecule has 1 aromatic heterocycles. The molecule has 2 radical (unpaired) electrons. The number of hydrogen-bond donors (Lipinski definition) is 1. The largest absolute Gasteiger partial charge is 0.277 e. The van der Waals surface area contributed by atoms with E-state index in [1.807, 2.05) is 0 Å². The highest BCUT2D eigenvalue weighted by molar-refractivity contribution is 9.10.